The van der Waals surface area contributed by atoms with E-state index in [1.165, 1.54) is 0 Å². The van der Waals surface area contributed by atoms with Crippen molar-refractivity contribution in [1.29, 1.82) is 0 Å². The first-order valence-corrected chi connectivity index (χ1v) is 4.47. The fourth-order valence-electron chi connectivity index (χ4n) is 0.850. The summed E-state index contributed by atoms with van der Waals surface area (Å²) in [5, 5.41) is 0. The summed E-state index contributed by atoms with van der Waals surface area (Å²) in [6.07, 6.45) is 7.70. The molecule has 0 N–H and O–H groups in total. The van der Waals surface area contributed by atoms with Gasteiger partial charge in [0.05, 0.1) is 6.61 Å². The van der Waals surface area contributed by atoms with Gasteiger partial charge in [0, 0.05) is 12.8 Å². The Hall–Kier alpha value is -0.920. The van der Waals surface area contributed by atoms with Crippen molar-refractivity contribution in [1.82, 2.24) is 0 Å². The van der Waals surface area contributed by atoms with E-state index < -0.39 is 0 Å². The molecule has 0 amide bonds. The second-order valence-corrected chi connectivity index (χ2v) is 2.17. The summed E-state index contributed by atoms with van der Waals surface area (Å²) >= 11 is 0. The summed E-state index contributed by atoms with van der Waals surface area (Å²) in [6, 6.07) is 0. The Labute approximate surface area is 75.5 Å². The molecule has 1 nitrogen and oxygen atoms in total. The maximum Gasteiger partial charge on any atom is 0.119 e. The normalized spacial score (nSPS) is 19.2. The van der Waals surface area contributed by atoms with Gasteiger partial charge in [-0.15, -0.1) is 12.3 Å². The largest absolute Gasteiger partial charge is 0.365 e. The van der Waals surface area contributed by atoms with E-state index in [1.807, 2.05) is 13.8 Å². The van der Waals surface area contributed by atoms with Crippen molar-refractivity contribution in [2.24, 2.45) is 0 Å². The molecule has 0 fully saturated rings. The van der Waals surface area contributed by atoms with Gasteiger partial charge in [-0.05, 0) is 6.42 Å². The van der Waals surface area contributed by atoms with Gasteiger partial charge in [0.2, 0.25) is 0 Å². The minimum Gasteiger partial charge on any atom is -0.365 e. The molecule has 0 spiro atoms. The van der Waals surface area contributed by atoms with Crippen LogP contribution in [0.1, 0.15) is 33.1 Å². The lowest BCUT2D eigenvalue weighted by Crippen LogP contribution is -2.14. The topological polar surface area (TPSA) is 9.23 Å². The van der Waals surface area contributed by atoms with Gasteiger partial charge in [0.15, 0.2) is 0 Å². The number of hydrogen-bond donors (Lipinski definition) is 0. The van der Waals surface area contributed by atoms with Crippen LogP contribution in [-0.4, -0.2) is 12.7 Å². The third kappa shape index (κ3) is 4.83. The lowest BCUT2D eigenvalue weighted by atomic mass is 10.2. The molecular formula is C11H16O. The van der Waals surface area contributed by atoms with Crippen LogP contribution in [-0.2, 0) is 4.74 Å². The van der Waals surface area contributed by atoms with E-state index in [4.69, 9.17) is 11.2 Å². The van der Waals surface area contributed by atoms with Gasteiger partial charge >= 0.3 is 0 Å². The van der Waals surface area contributed by atoms with Crippen molar-refractivity contribution in [3.05, 3.63) is 0 Å². The van der Waals surface area contributed by atoms with Crippen LogP contribution in [0.3, 0.4) is 0 Å². The zero-order chi connectivity index (χ0) is 9.23. The summed E-state index contributed by atoms with van der Waals surface area (Å²) in [4.78, 5) is 0. The maximum atomic E-state index is 5.31. The van der Waals surface area contributed by atoms with Crippen molar-refractivity contribution in [2.75, 3.05) is 6.61 Å². The SMILES string of the molecule is C#CCCC1C#CCCO1.CC. The molecule has 12 heavy (non-hydrogen) atoms. The van der Waals surface area contributed by atoms with Gasteiger partial charge in [-0.3, -0.25) is 0 Å². The molecule has 0 saturated carbocycles. The highest BCUT2D eigenvalue weighted by atomic mass is 16.5. The summed E-state index contributed by atoms with van der Waals surface area (Å²) in [5.41, 5.74) is 0. The molecular weight excluding hydrogens is 148 g/mol. The summed E-state index contributed by atoms with van der Waals surface area (Å²) in [7, 11) is 0. The molecule has 1 heterocycles. The van der Waals surface area contributed by atoms with E-state index in [9.17, 15) is 0 Å². The molecule has 1 aliphatic heterocycles. The van der Waals surface area contributed by atoms with Gasteiger partial charge in [0.25, 0.3) is 0 Å². The first-order valence-electron chi connectivity index (χ1n) is 4.47. The molecule has 0 aromatic rings. The van der Waals surface area contributed by atoms with Crippen LogP contribution in [0.25, 0.3) is 0 Å². The van der Waals surface area contributed by atoms with E-state index in [0.29, 0.717) is 0 Å². The molecule has 1 unspecified atom stereocenters. The molecule has 1 heteroatoms. The predicted octanol–water partition coefficient (Wildman–Crippen LogP) is 2.22. The molecule has 0 bridgehead atoms. The van der Waals surface area contributed by atoms with E-state index in [-0.39, 0.29) is 6.10 Å². The number of ether oxygens (including phenoxy) is 1. The minimum absolute atomic E-state index is 0.102. The Morgan fingerprint density at radius 1 is 1.58 bits per heavy atom. The Bertz CT molecular complexity index is 189. The molecule has 0 aromatic heterocycles. The zero-order valence-electron chi connectivity index (χ0n) is 7.89. The Morgan fingerprint density at radius 2 is 2.33 bits per heavy atom. The van der Waals surface area contributed by atoms with Gasteiger partial charge in [-0.25, -0.2) is 0 Å². The Balaban J connectivity index is 0.000000561. The summed E-state index contributed by atoms with van der Waals surface area (Å²) in [5.74, 6) is 8.55. The van der Waals surface area contributed by atoms with Crippen LogP contribution >= 0.6 is 0 Å². The van der Waals surface area contributed by atoms with Crippen LogP contribution < -0.4 is 0 Å². The van der Waals surface area contributed by atoms with Crippen LogP contribution in [0.2, 0.25) is 0 Å². The standard InChI is InChI=1S/C9H10O.C2H6/c1-2-3-6-9-7-4-5-8-10-9;1-2/h1,9H,3,5-6,8H2;1-2H3. The first-order chi connectivity index (χ1) is 5.93. The molecule has 0 aromatic carbocycles. The highest BCUT2D eigenvalue weighted by Gasteiger charge is 2.05. The first kappa shape index (κ1) is 11.1. The maximum absolute atomic E-state index is 5.31. The number of rotatable bonds is 2. The molecule has 1 atom stereocenters. The molecule has 0 saturated heterocycles. The van der Waals surface area contributed by atoms with Gasteiger partial charge in [-0.2, -0.15) is 0 Å². The van der Waals surface area contributed by atoms with Crippen LogP contribution in [0.4, 0.5) is 0 Å². The lowest BCUT2D eigenvalue weighted by molar-refractivity contribution is 0.0859. The van der Waals surface area contributed by atoms with Crippen LogP contribution in [0.5, 0.6) is 0 Å². The van der Waals surface area contributed by atoms with Crippen molar-refractivity contribution < 1.29 is 4.74 Å². The van der Waals surface area contributed by atoms with E-state index in [0.717, 1.165) is 25.9 Å². The Morgan fingerprint density at radius 3 is 2.83 bits per heavy atom. The fraction of sp³-hybridized carbons (Fsp3) is 0.636. The van der Waals surface area contributed by atoms with Gasteiger partial charge in [-0.1, -0.05) is 25.7 Å². The molecule has 1 aliphatic rings. The predicted molar refractivity (Wildman–Crippen MR) is 51.5 cm³/mol. The highest BCUT2D eigenvalue weighted by molar-refractivity contribution is 5.08. The quantitative estimate of drug-likeness (QED) is 0.569. The number of hydrogen-bond acceptors (Lipinski definition) is 1. The highest BCUT2D eigenvalue weighted by Crippen LogP contribution is 2.04. The van der Waals surface area contributed by atoms with Crippen molar-refractivity contribution in [3.8, 4) is 24.2 Å². The molecule has 66 valence electrons. The monoisotopic (exact) mass is 164 g/mol. The van der Waals surface area contributed by atoms with Gasteiger partial charge in [0.1, 0.15) is 6.10 Å². The number of terminal acetylenes is 1. The van der Waals surface area contributed by atoms with Crippen LogP contribution in [0, 0.1) is 24.2 Å². The fourth-order valence-corrected chi connectivity index (χ4v) is 0.850. The summed E-state index contributed by atoms with van der Waals surface area (Å²) < 4.78 is 5.31. The average Bonchev–Trinajstić information content (AvgIpc) is 2.19. The van der Waals surface area contributed by atoms with Crippen molar-refractivity contribution in [2.45, 2.75) is 39.2 Å². The minimum atomic E-state index is 0.102. The second kappa shape index (κ2) is 8.18. The van der Waals surface area contributed by atoms with Crippen LogP contribution in [0.15, 0.2) is 0 Å². The Kier molecular flexibility index (Phi) is 7.55. The van der Waals surface area contributed by atoms with E-state index in [2.05, 4.69) is 17.8 Å². The third-order valence-electron chi connectivity index (χ3n) is 1.36. The molecule has 0 radical (unpaired) electrons. The molecule has 1 rings (SSSR count). The van der Waals surface area contributed by atoms with Crippen molar-refractivity contribution >= 4 is 0 Å². The smallest absolute Gasteiger partial charge is 0.119 e. The zero-order valence-corrected chi connectivity index (χ0v) is 7.89. The third-order valence-corrected chi connectivity index (χ3v) is 1.36. The second-order valence-electron chi connectivity index (χ2n) is 2.17. The van der Waals surface area contributed by atoms with E-state index in [1.54, 1.807) is 0 Å². The molecule has 0 aliphatic carbocycles. The van der Waals surface area contributed by atoms with Crippen molar-refractivity contribution in [3.63, 3.8) is 0 Å². The van der Waals surface area contributed by atoms with E-state index >= 15 is 0 Å². The summed E-state index contributed by atoms with van der Waals surface area (Å²) in [6.45, 7) is 4.77. The average molecular weight is 164 g/mol. The van der Waals surface area contributed by atoms with Gasteiger partial charge < -0.3 is 4.74 Å². The lowest BCUT2D eigenvalue weighted by Gasteiger charge is -2.12.